The normalized spacial score (nSPS) is 17.7. The van der Waals surface area contributed by atoms with Gasteiger partial charge in [0.2, 0.25) is 10.0 Å². The maximum Gasteiger partial charge on any atom is 0.337 e. The predicted molar refractivity (Wildman–Crippen MR) is 134 cm³/mol. The van der Waals surface area contributed by atoms with Crippen LogP contribution >= 0.6 is 0 Å². The van der Waals surface area contributed by atoms with Gasteiger partial charge in [-0.15, -0.1) is 0 Å². The molecule has 35 heavy (non-hydrogen) atoms. The van der Waals surface area contributed by atoms with E-state index in [9.17, 15) is 18.0 Å². The number of hydrogen-bond acceptors (Lipinski definition) is 7. The number of nitrogens with one attached hydrogen (secondary N) is 1. The van der Waals surface area contributed by atoms with E-state index >= 15 is 0 Å². The number of methoxy groups -OCH3 is 1. The summed E-state index contributed by atoms with van der Waals surface area (Å²) in [5.41, 5.74) is 1.94. The Balaban J connectivity index is 1.64. The highest BCUT2D eigenvalue weighted by Gasteiger charge is 2.28. The highest BCUT2D eigenvalue weighted by molar-refractivity contribution is 7.89. The Morgan fingerprint density at radius 2 is 1.49 bits per heavy atom. The number of carbonyl (C=O) groups is 2. The lowest BCUT2D eigenvalue weighted by molar-refractivity contribution is 0.0600. The van der Waals surface area contributed by atoms with Crippen LogP contribution in [0.2, 0.25) is 0 Å². The topological polar surface area (TPSA) is 99.3 Å². The molecule has 0 unspecified atom stereocenters. The zero-order valence-corrected chi connectivity index (χ0v) is 21.0. The van der Waals surface area contributed by atoms with Gasteiger partial charge in [-0.3, -0.25) is 4.79 Å². The van der Waals surface area contributed by atoms with Crippen molar-refractivity contribution in [2.45, 2.75) is 24.2 Å². The van der Waals surface area contributed by atoms with E-state index in [1.165, 1.54) is 23.5 Å². The molecule has 0 bridgehead atoms. The first-order chi connectivity index (χ1) is 16.8. The van der Waals surface area contributed by atoms with Crippen LogP contribution in [0.3, 0.4) is 0 Å². The summed E-state index contributed by atoms with van der Waals surface area (Å²) in [6.07, 6.45) is 2.73. The van der Waals surface area contributed by atoms with Gasteiger partial charge in [0.25, 0.3) is 5.91 Å². The van der Waals surface area contributed by atoms with Crippen molar-refractivity contribution < 1.29 is 22.7 Å². The highest BCUT2D eigenvalue weighted by atomic mass is 32.2. The van der Waals surface area contributed by atoms with Gasteiger partial charge in [0, 0.05) is 44.8 Å². The predicted octanol–water partition coefficient (Wildman–Crippen LogP) is 2.65. The average molecular weight is 501 g/mol. The van der Waals surface area contributed by atoms with E-state index in [2.05, 4.69) is 22.2 Å². The van der Waals surface area contributed by atoms with Crippen molar-refractivity contribution in [3.05, 3.63) is 53.6 Å². The molecule has 2 heterocycles. The number of piperidine rings is 1. The molecule has 1 amide bonds. The van der Waals surface area contributed by atoms with Gasteiger partial charge >= 0.3 is 5.97 Å². The second-order valence-corrected chi connectivity index (χ2v) is 10.9. The zero-order chi connectivity index (χ0) is 25.0. The van der Waals surface area contributed by atoms with E-state index in [1.54, 1.807) is 30.3 Å². The zero-order valence-electron chi connectivity index (χ0n) is 20.2. The number of likely N-dealkylation sites (N-methyl/N-ethyl adjacent to an activating group) is 1. The van der Waals surface area contributed by atoms with Crippen LogP contribution in [-0.2, 0) is 14.8 Å². The van der Waals surface area contributed by atoms with Gasteiger partial charge in [0.1, 0.15) is 0 Å². The number of esters is 1. The summed E-state index contributed by atoms with van der Waals surface area (Å²) in [7, 11) is -0.294. The summed E-state index contributed by atoms with van der Waals surface area (Å²) < 4.78 is 32.8. The van der Waals surface area contributed by atoms with E-state index in [4.69, 9.17) is 4.74 Å². The average Bonchev–Trinajstić information content (AvgIpc) is 2.89. The van der Waals surface area contributed by atoms with Gasteiger partial charge in [-0.05, 0) is 62.4 Å². The molecular formula is C25H32N4O5S. The van der Waals surface area contributed by atoms with Crippen molar-refractivity contribution in [1.82, 2.24) is 9.21 Å². The Morgan fingerprint density at radius 3 is 2.11 bits per heavy atom. The Labute approximate surface area is 206 Å². The molecule has 2 saturated heterocycles. The van der Waals surface area contributed by atoms with Gasteiger partial charge in [0.05, 0.1) is 28.9 Å². The molecule has 0 atom stereocenters. The summed E-state index contributed by atoms with van der Waals surface area (Å²) in [6, 6.07) is 11.1. The third kappa shape index (κ3) is 5.66. The monoisotopic (exact) mass is 500 g/mol. The van der Waals surface area contributed by atoms with Crippen molar-refractivity contribution in [2.75, 3.05) is 63.6 Å². The second-order valence-electron chi connectivity index (χ2n) is 8.96. The fraction of sp³-hybridized carbons (Fsp3) is 0.440. The van der Waals surface area contributed by atoms with Crippen LogP contribution in [0.15, 0.2) is 47.4 Å². The number of benzene rings is 2. The summed E-state index contributed by atoms with van der Waals surface area (Å²) in [6.45, 7) is 4.30. The summed E-state index contributed by atoms with van der Waals surface area (Å²) in [4.78, 5) is 29.4. The summed E-state index contributed by atoms with van der Waals surface area (Å²) in [5.74, 6) is -0.866. The standard InChI is InChI=1S/C25H32N4O5S/c1-27-14-16-28(17-15-27)23-11-10-21(35(32,33)29-12-4-3-5-13-29)18-22(23)26-24(30)19-6-8-20(9-7-19)25(31)34-2/h6-11,18H,3-5,12-17H2,1-2H3,(H,26,30). The first kappa shape index (κ1) is 25.2. The van der Waals surface area contributed by atoms with Crippen LogP contribution in [0.5, 0.6) is 0 Å². The van der Waals surface area contributed by atoms with Crippen LogP contribution in [0.25, 0.3) is 0 Å². The molecule has 1 N–H and O–H groups in total. The number of nitrogens with zero attached hydrogens (tertiary/aromatic N) is 3. The van der Waals surface area contributed by atoms with E-state index in [1.807, 2.05) is 0 Å². The lowest BCUT2D eigenvalue weighted by atomic mass is 10.1. The van der Waals surface area contributed by atoms with Crippen molar-refractivity contribution >= 4 is 33.3 Å². The number of anilines is 2. The molecule has 0 spiro atoms. The van der Waals surface area contributed by atoms with Gasteiger partial charge < -0.3 is 19.9 Å². The van der Waals surface area contributed by atoms with E-state index in [0.717, 1.165) is 51.1 Å². The number of piperazine rings is 1. The van der Waals surface area contributed by atoms with Crippen LogP contribution in [0, 0.1) is 0 Å². The molecule has 0 radical (unpaired) electrons. The third-order valence-corrected chi connectivity index (χ3v) is 8.48. The number of rotatable bonds is 6. The Bertz CT molecular complexity index is 1170. The quantitative estimate of drug-likeness (QED) is 0.609. The van der Waals surface area contributed by atoms with Crippen molar-refractivity contribution in [3.8, 4) is 0 Å². The van der Waals surface area contributed by atoms with E-state index in [0.29, 0.717) is 29.9 Å². The third-order valence-electron chi connectivity index (χ3n) is 6.58. The van der Waals surface area contributed by atoms with E-state index < -0.39 is 16.0 Å². The molecule has 9 nitrogen and oxygen atoms in total. The molecule has 0 aliphatic carbocycles. The minimum atomic E-state index is -3.66. The Morgan fingerprint density at radius 1 is 0.857 bits per heavy atom. The maximum atomic E-state index is 13.3. The minimum Gasteiger partial charge on any atom is -0.465 e. The lowest BCUT2D eigenvalue weighted by Gasteiger charge is -2.35. The highest BCUT2D eigenvalue weighted by Crippen LogP contribution is 2.32. The van der Waals surface area contributed by atoms with Crippen LogP contribution in [-0.4, -0.2) is 82.9 Å². The summed E-state index contributed by atoms with van der Waals surface area (Å²) in [5, 5.41) is 2.92. The smallest absolute Gasteiger partial charge is 0.337 e. The largest absolute Gasteiger partial charge is 0.465 e. The van der Waals surface area contributed by atoms with Crippen molar-refractivity contribution in [1.29, 1.82) is 0 Å². The molecule has 2 fully saturated rings. The second kappa shape index (κ2) is 10.8. The number of carbonyl (C=O) groups excluding carboxylic acids is 2. The molecule has 4 rings (SSSR count). The molecular weight excluding hydrogens is 468 g/mol. The summed E-state index contributed by atoms with van der Waals surface area (Å²) >= 11 is 0. The SMILES string of the molecule is COC(=O)c1ccc(C(=O)Nc2cc(S(=O)(=O)N3CCCCC3)ccc2N2CCN(C)CC2)cc1. The fourth-order valence-corrected chi connectivity index (χ4v) is 5.97. The van der Waals surface area contributed by atoms with Crippen molar-refractivity contribution in [3.63, 3.8) is 0 Å². The number of sulfonamides is 1. The van der Waals surface area contributed by atoms with Gasteiger partial charge in [-0.25, -0.2) is 13.2 Å². The molecule has 0 saturated carbocycles. The molecule has 2 aromatic carbocycles. The van der Waals surface area contributed by atoms with Gasteiger partial charge in [0.15, 0.2) is 0 Å². The molecule has 0 aromatic heterocycles. The number of amides is 1. The lowest BCUT2D eigenvalue weighted by Crippen LogP contribution is -2.44. The van der Waals surface area contributed by atoms with E-state index in [-0.39, 0.29) is 10.8 Å². The fourth-order valence-electron chi connectivity index (χ4n) is 4.42. The molecule has 2 aliphatic heterocycles. The molecule has 2 aromatic rings. The van der Waals surface area contributed by atoms with Crippen LogP contribution < -0.4 is 10.2 Å². The van der Waals surface area contributed by atoms with Crippen LogP contribution in [0.4, 0.5) is 11.4 Å². The minimum absolute atomic E-state index is 0.175. The number of ether oxygens (including phenoxy) is 1. The Kier molecular flexibility index (Phi) is 7.73. The van der Waals surface area contributed by atoms with Gasteiger partial charge in [-0.1, -0.05) is 6.42 Å². The van der Waals surface area contributed by atoms with Gasteiger partial charge in [-0.2, -0.15) is 4.31 Å². The molecule has 188 valence electrons. The van der Waals surface area contributed by atoms with Crippen molar-refractivity contribution in [2.24, 2.45) is 0 Å². The number of hydrogen-bond donors (Lipinski definition) is 1. The molecule has 2 aliphatic rings. The first-order valence-electron chi connectivity index (χ1n) is 11.9. The first-order valence-corrected chi connectivity index (χ1v) is 13.3. The molecule has 10 heteroatoms. The Hall–Kier alpha value is -2.95. The maximum absolute atomic E-state index is 13.3. The van der Waals surface area contributed by atoms with Crippen LogP contribution in [0.1, 0.15) is 40.0 Å².